The van der Waals surface area contributed by atoms with Crippen molar-refractivity contribution in [3.63, 3.8) is 0 Å². The number of rotatable bonds is 9. The SMILES string of the molecule is C=Cc1c(/C=C\C)c2ccccc2c2ccc(/C(=C/c3c(CC)oc4cccc(C(N=C)c5ccccc5)c34)CC)cc12. The van der Waals surface area contributed by atoms with E-state index < -0.39 is 0 Å². The number of hydrogen-bond acceptors (Lipinski definition) is 2. The van der Waals surface area contributed by atoms with Crippen molar-refractivity contribution in [3.8, 4) is 0 Å². The zero-order valence-corrected chi connectivity index (χ0v) is 25.2. The van der Waals surface area contributed by atoms with E-state index in [4.69, 9.17) is 4.42 Å². The summed E-state index contributed by atoms with van der Waals surface area (Å²) in [5.74, 6) is 0.984. The average Bonchev–Trinajstić information content (AvgIpc) is 3.42. The van der Waals surface area contributed by atoms with Gasteiger partial charge in [0.15, 0.2) is 0 Å². The fourth-order valence-corrected chi connectivity index (χ4v) is 6.48. The Bertz CT molecular complexity index is 2040. The normalized spacial score (nSPS) is 12.9. The number of allylic oxidation sites excluding steroid dienone is 2. The Morgan fingerprint density at radius 3 is 2.26 bits per heavy atom. The summed E-state index contributed by atoms with van der Waals surface area (Å²) in [5.41, 5.74) is 9.08. The van der Waals surface area contributed by atoms with Crippen LogP contribution in [0, 0.1) is 0 Å². The van der Waals surface area contributed by atoms with Crippen molar-refractivity contribution in [2.75, 3.05) is 0 Å². The van der Waals surface area contributed by atoms with Gasteiger partial charge in [-0.05, 0) is 93.2 Å². The molecule has 1 aromatic heterocycles. The van der Waals surface area contributed by atoms with Crippen LogP contribution < -0.4 is 0 Å². The third-order valence-corrected chi connectivity index (χ3v) is 8.49. The number of aryl methyl sites for hydroxylation is 1. The Morgan fingerprint density at radius 1 is 0.814 bits per heavy atom. The first-order valence-electron chi connectivity index (χ1n) is 15.1. The molecule has 0 fully saturated rings. The lowest BCUT2D eigenvalue weighted by atomic mass is 9.88. The lowest BCUT2D eigenvalue weighted by Gasteiger charge is -2.16. The summed E-state index contributed by atoms with van der Waals surface area (Å²) in [6.45, 7) is 14.7. The maximum Gasteiger partial charge on any atom is 0.135 e. The second-order valence-electron chi connectivity index (χ2n) is 10.9. The molecule has 0 bridgehead atoms. The van der Waals surface area contributed by atoms with Gasteiger partial charge in [0.05, 0.1) is 6.04 Å². The number of fused-ring (bicyclic) bond motifs is 4. The van der Waals surface area contributed by atoms with Gasteiger partial charge < -0.3 is 4.42 Å². The first kappa shape index (κ1) is 28.2. The van der Waals surface area contributed by atoms with Crippen molar-refractivity contribution in [2.45, 2.75) is 39.7 Å². The number of benzene rings is 5. The van der Waals surface area contributed by atoms with Crippen LogP contribution in [0.15, 0.2) is 113 Å². The number of nitrogens with zero attached hydrogens (tertiary/aromatic N) is 1. The quantitative estimate of drug-likeness (QED) is 0.128. The first-order chi connectivity index (χ1) is 21.1. The number of hydrogen-bond donors (Lipinski definition) is 0. The molecule has 1 unspecified atom stereocenters. The molecule has 5 aromatic carbocycles. The van der Waals surface area contributed by atoms with E-state index in [2.05, 4.69) is 142 Å². The van der Waals surface area contributed by atoms with Crippen molar-refractivity contribution < 1.29 is 4.42 Å². The zero-order valence-electron chi connectivity index (χ0n) is 25.2. The Kier molecular flexibility index (Phi) is 7.94. The van der Waals surface area contributed by atoms with Crippen molar-refractivity contribution in [1.82, 2.24) is 0 Å². The third-order valence-electron chi connectivity index (χ3n) is 8.49. The molecule has 0 radical (unpaired) electrons. The smallest absolute Gasteiger partial charge is 0.135 e. The molecule has 0 saturated carbocycles. The maximum absolute atomic E-state index is 6.47. The van der Waals surface area contributed by atoms with Crippen LogP contribution >= 0.6 is 0 Å². The number of furan rings is 1. The summed E-state index contributed by atoms with van der Waals surface area (Å²) >= 11 is 0. The van der Waals surface area contributed by atoms with E-state index in [1.165, 1.54) is 38.2 Å². The lowest BCUT2D eigenvalue weighted by molar-refractivity contribution is 0.556. The summed E-state index contributed by atoms with van der Waals surface area (Å²) in [4.78, 5) is 4.59. The molecule has 43 heavy (non-hydrogen) atoms. The summed E-state index contributed by atoms with van der Waals surface area (Å²) in [6, 6.07) is 32.0. The molecule has 1 heterocycles. The molecule has 0 amide bonds. The van der Waals surface area contributed by atoms with Crippen LogP contribution in [-0.4, -0.2) is 6.72 Å². The van der Waals surface area contributed by atoms with Gasteiger partial charge in [0.2, 0.25) is 0 Å². The Morgan fingerprint density at radius 2 is 1.56 bits per heavy atom. The van der Waals surface area contributed by atoms with Crippen LogP contribution in [0.25, 0.3) is 56.3 Å². The molecule has 1 atom stereocenters. The van der Waals surface area contributed by atoms with Crippen LogP contribution in [0.1, 0.15) is 72.4 Å². The van der Waals surface area contributed by atoms with Gasteiger partial charge >= 0.3 is 0 Å². The molecular weight excluding hydrogens is 522 g/mol. The van der Waals surface area contributed by atoms with E-state index in [0.717, 1.165) is 51.8 Å². The van der Waals surface area contributed by atoms with E-state index in [1.54, 1.807) is 0 Å². The monoisotopic (exact) mass is 559 g/mol. The van der Waals surface area contributed by atoms with E-state index in [1.807, 2.05) is 12.1 Å². The van der Waals surface area contributed by atoms with Crippen molar-refractivity contribution in [1.29, 1.82) is 0 Å². The minimum Gasteiger partial charge on any atom is -0.460 e. The van der Waals surface area contributed by atoms with Crippen molar-refractivity contribution in [3.05, 3.63) is 143 Å². The molecule has 6 aromatic rings. The highest BCUT2D eigenvalue weighted by atomic mass is 16.3. The highest BCUT2D eigenvalue weighted by molar-refractivity contribution is 6.15. The third kappa shape index (κ3) is 4.93. The molecule has 2 nitrogen and oxygen atoms in total. The molecule has 0 aliphatic heterocycles. The molecule has 212 valence electrons. The Hall–Kier alpha value is -4.95. The highest BCUT2D eigenvalue weighted by Gasteiger charge is 2.21. The van der Waals surface area contributed by atoms with Crippen molar-refractivity contribution >= 4 is 63.0 Å². The fraction of sp³-hybridized carbons (Fsp3) is 0.146. The topological polar surface area (TPSA) is 25.5 Å². The van der Waals surface area contributed by atoms with Gasteiger partial charge in [-0.15, -0.1) is 0 Å². The maximum atomic E-state index is 6.47. The standard InChI is InChI=1S/C41H37NO/c1-6-16-31-30(8-3)36-26-29(23-24-34(36)33-20-14-13-19-32(31)33)27(7-2)25-37-38(9-4)43-39-22-15-21-35(40(37)39)41(42-5)28-17-11-10-12-18-28/h6,8,10-26,41H,3,5,7,9H2,1-2,4H3/b16-6-,27-25+. The highest BCUT2D eigenvalue weighted by Crippen LogP contribution is 2.40. The van der Waals surface area contributed by atoms with E-state index in [-0.39, 0.29) is 6.04 Å². The van der Waals surface area contributed by atoms with Gasteiger partial charge in [0, 0.05) is 17.4 Å². The fourth-order valence-electron chi connectivity index (χ4n) is 6.48. The largest absolute Gasteiger partial charge is 0.460 e. The van der Waals surface area contributed by atoms with Crippen LogP contribution in [0.2, 0.25) is 0 Å². The van der Waals surface area contributed by atoms with Crippen LogP contribution in [0.5, 0.6) is 0 Å². The van der Waals surface area contributed by atoms with Gasteiger partial charge in [0.25, 0.3) is 0 Å². The van der Waals surface area contributed by atoms with E-state index >= 15 is 0 Å². The van der Waals surface area contributed by atoms with Gasteiger partial charge in [-0.3, -0.25) is 4.99 Å². The molecule has 0 saturated heterocycles. The summed E-state index contributed by atoms with van der Waals surface area (Å²) in [5, 5.41) is 6.07. The van der Waals surface area contributed by atoms with E-state index in [0.29, 0.717) is 0 Å². The molecule has 0 aliphatic rings. The molecular formula is C41H37NO. The molecule has 6 rings (SSSR count). The summed E-state index contributed by atoms with van der Waals surface area (Å²) in [6.07, 6.45) is 10.3. The Labute approximate surface area is 254 Å². The Balaban J connectivity index is 1.59. The first-order valence-corrected chi connectivity index (χ1v) is 15.1. The second kappa shape index (κ2) is 12.1. The van der Waals surface area contributed by atoms with Crippen LogP contribution in [0.4, 0.5) is 0 Å². The molecule has 0 spiro atoms. The minimum atomic E-state index is -0.182. The van der Waals surface area contributed by atoms with Gasteiger partial charge in [0.1, 0.15) is 11.3 Å². The lowest BCUT2D eigenvalue weighted by Crippen LogP contribution is -1.99. The van der Waals surface area contributed by atoms with Gasteiger partial charge in [-0.25, -0.2) is 0 Å². The van der Waals surface area contributed by atoms with E-state index in [9.17, 15) is 0 Å². The van der Waals surface area contributed by atoms with Crippen LogP contribution in [0.3, 0.4) is 0 Å². The van der Waals surface area contributed by atoms with Crippen molar-refractivity contribution in [2.24, 2.45) is 4.99 Å². The predicted molar refractivity (Wildman–Crippen MR) is 188 cm³/mol. The minimum absolute atomic E-state index is 0.182. The summed E-state index contributed by atoms with van der Waals surface area (Å²) in [7, 11) is 0. The molecule has 0 N–H and O–H groups in total. The zero-order chi connectivity index (χ0) is 29.9. The van der Waals surface area contributed by atoms with Gasteiger partial charge in [-0.2, -0.15) is 0 Å². The second-order valence-corrected chi connectivity index (χ2v) is 10.9. The average molecular weight is 560 g/mol. The predicted octanol–water partition coefficient (Wildman–Crippen LogP) is 11.7. The van der Waals surface area contributed by atoms with Gasteiger partial charge in [-0.1, -0.05) is 118 Å². The molecule has 2 heteroatoms. The number of aliphatic imine (C=N–C) groups is 1. The van der Waals surface area contributed by atoms with Crippen LogP contribution in [-0.2, 0) is 6.42 Å². The summed E-state index contributed by atoms with van der Waals surface area (Å²) < 4.78 is 6.47. The molecule has 0 aliphatic carbocycles.